The summed E-state index contributed by atoms with van der Waals surface area (Å²) < 4.78 is 5.18. The van der Waals surface area contributed by atoms with E-state index in [9.17, 15) is 0 Å². The average molecular weight is 194 g/mol. The molecule has 0 N–H and O–H groups in total. The maximum Gasteiger partial charge on any atom is 0.107 e. The van der Waals surface area contributed by atoms with Gasteiger partial charge >= 0.3 is 0 Å². The second-order valence-corrected chi connectivity index (χ2v) is 3.46. The molecular weight excluding hydrogens is 172 g/mol. The van der Waals surface area contributed by atoms with Gasteiger partial charge in [-0.2, -0.15) is 0 Å². The normalized spacial score (nSPS) is 9.64. The van der Waals surface area contributed by atoms with Crippen LogP contribution in [0.25, 0.3) is 0 Å². The van der Waals surface area contributed by atoms with E-state index in [1.54, 1.807) is 0 Å². The molecule has 14 heavy (non-hydrogen) atoms. The molecule has 80 valence electrons. The summed E-state index contributed by atoms with van der Waals surface area (Å²) in [5.74, 6) is 2.46. The second-order valence-electron chi connectivity index (χ2n) is 3.46. The van der Waals surface area contributed by atoms with E-state index in [0.29, 0.717) is 6.61 Å². The maximum absolute atomic E-state index is 5.18. The van der Waals surface area contributed by atoms with Crippen LogP contribution in [-0.2, 0) is 4.74 Å². The van der Waals surface area contributed by atoms with E-state index in [1.165, 1.54) is 32.1 Å². The lowest BCUT2D eigenvalue weighted by atomic mass is 10.1. The number of allylic oxidation sites excluding steroid dienone is 1. The predicted molar refractivity (Wildman–Crippen MR) is 62.2 cm³/mol. The summed E-state index contributed by atoms with van der Waals surface area (Å²) in [6.07, 6.45) is 15.9. The zero-order valence-corrected chi connectivity index (χ0v) is 9.13. The van der Waals surface area contributed by atoms with Gasteiger partial charge in [0.1, 0.15) is 6.61 Å². The Balaban J connectivity index is 2.85. The van der Waals surface area contributed by atoms with Gasteiger partial charge in [-0.25, -0.2) is 0 Å². The fourth-order valence-electron chi connectivity index (χ4n) is 1.33. The first-order chi connectivity index (χ1) is 6.91. The zero-order valence-electron chi connectivity index (χ0n) is 9.13. The van der Waals surface area contributed by atoms with E-state index < -0.39 is 0 Å². The van der Waals surface area contributed by atoms with Crippen molar-refractivity contribution in [1.82, 2.24) is 0 Å². The van der Waals surface area contributed by atoms with Gasteiger partial charge in [0, 0.05) is 6.61 Å². The Labute approximate surface area is 88.5 Å². The predicted octanol–water partition coefficient (Wildman–Crippen LogP) is 3.55. The quantitative estimate of drug-likeness (QED) is 0.293. The molecule has 0 aromatic heterocycles. The van der Waals surface area contributed by atoms with Crippen LogP contribution in [0.5, 0.6) is 0 Å². The lowest BCUT2D eigenvalue weighted by Crippen LogP contribution is -1.94. The molecule has 0 aromatic rings. The number of terminal acetylenes is 1. The van der Waals surface area contributed by atoms with Crippen LogP contribution in [-0.4, -0.2) is 13.2 Å². The number of ether oxygens (including phenoxy) is 1. The molecule has 0 fully saturated rings. The van der Waals surface area contributed by atoms with Gasteiger partial charge in [0.25, 0.3) is 0 Å². The van der Waals surface area contributed by atoms with Crippen molar-refractivity contribution in [1.29, 1.82) is 0 Å². The molecule has 0 amide bonds. The summed E-state index contributed by atoms with van der Waals surface area (Å²) in [7, 11) is 0. The van der Waals surface area contributed by atoms with Crippen LogP contribution in [0.1, 0.15) is 44.9 Å². The molecular formula is C13H22O. The number of unbranched alkanes of at least 4 members (excludes halogenated alkanes) is 6. The second kappa shape index (κ2) is 12.3. The Morgan fingerprint density at radius 3 is 2.36 bits per heavy atom. The Hall–Kier alpha value is -0.740. The molecule has 0 aromatic carbocycles. The van der Waals surface area contributed by atoms with E-state index >= 15 is 0 Å². The van der Waals surface area contributed by atoms with Crippen molar-refractivity contribution in [3.05, 3.63) is 12.7 Å². The molecule has 0 spiro atoms. The van der Waals surface area contributed by atoms with Crippen molar-refractivity contribution in [3.63, 3.8) is 0 Å². The highest BCUT2D eigenvalue weighted by Gasteiger charge is 1.90. The summed E-state index contributed by atoms with van der Waals surface area (Å²) in [6, 6.07) is 0. The Bertz CT molecular complexity index is 155. The third-order valence-electron chi connectivity index (χ3n) is 2.13. The molecule has 0 aliphatic carbocycles. The minimum absolute atomic E-state index is 0.458. The molecule has 0 aliphatic rings. The molecule has 0 unspecified atom stereocenters. The molecule has 0 bridgehead atoms. The molecule has 1 heteroatoms. The highest BCUT2D eigenvalue weighted by molar-refractivity contribution is 4.82. The summed E-state index contributed by atoms with van der Waals surface area (Å²) >= 11 is 0. The van der Waals surface area contributed by atoms with Crippen LogP contribution < -0.4 is 0 Å². The first-order valence-corrected chi connectivity index (χ1v) is 5.54. The number of rotatable bonds is 10. The molecule has 0 aliphatic heterocycles. The Kier molecular flexibility index (Phi) is 11.6. The third-order valence-corrected chi connectivity index (χ3v) is 2.13. The fraction of sp³-hybridized carbons (Fsp3) is 0.692. The van der Waals surface area contributed by atoms with Crippen molar-refractivity contribution < 1.29 is 4.74 Å². The Morgan fingerprint density at radius 1 is 1.07 bits per heavy atom. The third kappa shape index (κ3) is 11.3. The first kappa shape index (κ1) is 13.3. The average Bonchev–Trinajstić information content (AvgIpc) is 2.21. The number of hydrogen-bond acceptors (Lipinski definition) is 1. The van der Waals surface area contributed by atoms with Gasteiger partial charge in [-0.1, -0.05) is 37.7 Å². The molecule has 0 saturated heterocycles. The molecule has 0 rings (SSSR count). The van der Waals surface area contributed by atoms with Crippen LogP contribution >= 0.6 is 0 Å². The minimum Gasteiger partial charge on any atom is -0.369 e. The monoisotopic (exact) mass is 194 g/mol. The Morgan fingerprint density at radius 2 is 1.71 bits per heavy atom. The SMILES string of the molecule is C#CCOCCCCCCCCC=C. The summed E-state index contributed by atoms with van der Waals surface area (Å²) in [4.78, 5) is 0. The minimum atomic E-state index is 0.458. The lowest BCUT2D eigenvalue weighted by Gasteiger charge is -2.01. The van der Waals surface area contributed by atoms with E-state index in [2.05, 4.69) is 12.5 Å². The standard InChI is InChI=1S/C13H22O/c1-3-5-6-7-8-9-10-11-13-14-12-4-2/h2-3H,1,5-13H2. The highest BCUT2D eigenvalue weighted by Crippen LogP contribution is 2.07. The van der Waals surface area contributed by atoms with Crippen LogP contribution in [0.15, 0.2) is 12.7 Å². The molecule has 0 heterocycles. The van der Waals surface area contributed by atoms with Gasteiger partial charge in [0.2, 0.25) is 0 Å². The molecule has 0 radical (unpaired) electrons. The first-order valence-electron chi connectivity index (χ1n) is 5.54. The largest absolute Gasteiger partial charge is 0.369 e. The van der Waals surface area contributed by atoms with Crippen molar-refractivity contribution in [2.45, 2.75) is 44.9 Å². The van der Waals surface area contributed by atoms with Gasteiger partial charge in [-0.3, -0.25) is 0 Å². The van der Waals surface area contributed by atoms with Gasteiger partial charge in [0.05, 0.1) is 0 Å². The fourth-order valence-corrected chi connectivity index (χ4v) is 1.33. The molecule has 0 atom stereocenters. The highest BCUT2D eigenvalue weighted by atomic mass is 16.5. The van der Waals surface area contributed by atoms with Crippen LogP contribution in [0, 0.1) is 12.3 Å². The van der Waals surface area contributed by atoms with Crippen LogP contribution in [0.3, 0.4) is 0 Å². The van der Waals surface area contributed by atoms with E-state index in [4.69, 9.17) is 11.2 Å². The van der Waals surface area contributed by atoms with E-state index in [0.717, 1.165) is 19.4 Å². The summed E-state index contributed by atoms with van der Waals surface area (Å²) in [5.41, 5.74) is 0. The van der Waals surface area contributed by atoms with Crippen molar-refractivity contribution in [3.8, 4) is 12.3 Å². The van der Waals surface area contributed by atoms with Gasteiger partial charge in [-0.05, 0) is 19.3 Å². The lowest BCUT2D eigenvalue weighted by molar-refractivity contribution is 0.162. The van der Waals surface area contributed by atoms with Gasteiger partial charge < -0.3 is 4.74 Å². The topological polar surface area (TPSA) is 9.23 Å². The smallest absolute Gasteiger partial charge is 0.107 e. The van der Waals surface area contributed by atoms with Gasteiger partial charge in [-0.15, -0.1) is 13.0 Å². The number of hydrogen-bond donors (Lipinski definition) is 0. The van der Waals surface area contributed by atoms with Crippen LogP contribution in [0.2, 0.25) is 0 Å². The zero-order chi connectivity index (χ0) is 10.5. The maximum atomic E-state index is 5.18. The summed E-state index contributed by atoms with van der Waals surface area (Å²) in [5, 5.41) is 0. The van der Waals surface area contributed by atoms with E-state index in [-0.39, 0.29) is 0 Å². The molecule has 0 saturated carbocycles. The van der Waals surface area contributed by atoms with Crippen molar-refractivity contribution in [2.75, 3.05) is 13.2 Å². The van der Waals surface area contributed by atoms with Crippen molar-refractivity contribution in [2.24, 2.45) is 0 Å². The van der Waals surface area contributed by atoms with Gasteiger partial charge in [0.15, 0.2) is 0 Å². The van der Waals surface area contributed by atoms with Crippen LogP contribution in [0.4, 0.5) is 0 Å². The summed E-state index contributed by atoms with van der Waals surface area (Å²) in [6.45, 7) is 4.98. The van der Waals surface area contributed by atoms with Crippen molar-refractivity contribution >= 4 is 0 Å². The molecule has 1 nitrogen and oxygen atoms in total. The van der Waals surface area contributed by atoms with E-state index in [1.807, 2.05) is 6.08 Å².